The Balaban J connectivity index is 1.45. The van der Waals surface area contributed by atoms with Gasteiger partial charge >= 0.3 is 5.97 Å². The Labute approximate surface area is 172 Å². The molecule has 0 bridgehead atoms. The third kappa shape index (κ3) is 3.18. The van der Waals surface area contributed by atoms with Gasteiger partial charge in [0.1, 0.15) is 11.5 Å². The van der Waals surface area contributed by atoms with Gasteiger partial charge in [0.2, 0.25) is 12.7 Å². The highest BCUT2D eigenvalue weighted by atomic mass is 16.7. The van der Waals surface area contributed by atoms with Crippen molar-refractivity contribution in [1.82, 2.24) is 0 Å². The summed E-state index contributed by atoms with van der Waals surface area (Å²) in [6.07, 6.45) is 0.279. The summed E-state index contributed by atoms with van der Waals surface area (Å²) in [4.78, 5) is 24.1. The number of amides is 1. The number of carbonyl (C=O) groups is 2. The summed E-state index contributed by atoms with van der Waals surface area (Å²) < 4.78 is 22.0. The largest absolute Gasteiger partial charge is 0.462 e. The van der Waals surface area contributed by atoms with E-state index in [0.717, 1.165) is 11.1 Å². The standard InChI is InChI=1S/C23H19NO6/c1-2-27-23(26)14-5-3-13(4-6-14)18-7-8-19(30-18)16-10-22(25)24-17-11-21-20(9-15(16)17)28-12-29-21/h3-9,11,16H,2,10,12H2,1H3,(H,24,25)/t16-/m0/s1. The second-order valence-electron chi connectivity index (χ2n) is 7.10. The summed E-state index contributed by atoms with van der Waals surface area (Å²) in [5, 5.41) is 2.89. The molecule has 0 fully saturated rings. The summed E-state index contributed by atoms with van der Waals surface area (Å²) in [5.41, 5.74) is 2.96. The predicted molar refractivity (Wildman–Crippen MR) is 108 cm³/mol. The zero-order valence-corrected chi connectivity index (χ0v) is 16.3. The highest BCUT2D eigenvalue weighted by molar-refractivity contribution is 5.96. The molecule has 3 heterocycles. The number of benzene rings is 2. The minimum absolute atomic E-state index is 0.0805. The normalized spacial score (nSPS) is 16.7. The van der Waals surface area contributed by atoms with Gasteiger partial charge in [0.05, 0.1) is 18.1 Å². The molecule has 0 radical (unpaired) electrons. The monoisotopic (exact) mass is 405 g/mol. The number of nitrogens with one attached hydrogen (secondary N) is 1. The van der Waals surface area contributed by atoms with Crippen molar-refractivity contribution in [2.75, 3.05) is 18.7 Å². The molecule has 5 rings (SSSR count). The van der Waals surface area contributed by atoms with E-state index in [4.69, 9.17) is 18.6 Å². The van der Waals surface area contributed by atoms with Gasteiger partial charge in [-0.05, 0) is 42.8 Å². The number of esters is 1. The van der Waals surface area contributed by atoms with Gasteiger partial charge in [0.25, 0.3) is 0 Å². The molecule has 0 saturated carbocycles. The van der Waals surface area contributed by atoms with E-state index in [1.54, 1.807) is 25.1 Å². The van der Waals surface area contributed by atoms with E-state index in [1.807, 2.05) is 30.3 Å². The lowest BCUT2D eigenvalue weighted by molar-refractivity contribution is -0.116. The summed E-state index contributed by atoms with van der Waals surface area (Å²) in [6.45, 7) is 2.27. The number of anilines is 1. The Morgan fingerprint density at radius 2 is 1.87 bits per heavy atom. The summed E-state index contributed by atoms with van der Waals surface area (Å²) in [5.74, 6) is 1.97. The van der Waals surface area contributed by atoms with Gasteiger partial charge in [-0.3, -0.25) is 4.79 Å². The number of hydrogen-bond donors (Lipinski definition) is 1. The van der Waals surface area contributed by atoms with E-state index < -0.39 is 0 Å². The third-order valence-corrected chi connectivity index (χ3v) is 5.23. The molecule has 1 aromatic heterocycles. The first-order valence-corrected chi connectivity index (χ1v) is 9.73. The van der Waals surface area contributed by atoms with Crippen LogP contribution in [0.4, 0.5) is 5.69 Å². The van der Waals surface area contributed by atoms with Crippen LogP contribution >= 0.6 is 0 Å². The number of fused-ring (bicyclic) bond motifs is 2. The average molecular weight is 405 g/mol. The van der Waals surface area contributed by atoms with Crippen molar-refractivity contribution in [3.05, 3.63) is 65.4 Å². The average Bonchev–Trinajstić information content (AvgIpc) is 3.41. The molecule has 152 valence electrons. The van der Waals surface area contributed by atoms with E-state index in [2.05, 4.69) is 5.32 Å². The van der Waals surface area contributed by atoms with Crippen molar-refractivity contribution in [2.45, 2.75) is 19.3 Å². The van der Waals surface area contributed by atoms with Crippen LogP contribution in [-0.4, -0.2) is 25.3 Å². The maximum atomic E-state index is 12.3. The Bertz CT molecular complexity index is 1130. The molecule has 0 aliphatic carbocycles. The smallest absolute Gasteiger partial charge is 0.338 e. The summed E-state index contributed by atoms with van der Waals surface area (Å²) >= 11 is 0. The second kappa shape index (κ2) is 7.26. The minimum Gasteiger partial charge on any atom is -0.462 e. The molecule has 1 N–H and O–H groups in total. The lowest BCUT2D eigenvalue weighted by Crippen LogP contribution is -2.23. The fraction of sp³-hybridized carbons (Fsp3) is 0.217. The van der Waals surface area contributed by atoms with E-state index in [9.17, 15) is 9.59 Å². The van der Waals surface area contributed by atoms with Crippen LogP contribution in [0.3, 0.4) is 0 Å². The minimum atomic E-state index is -0.354. The van der Waals surface area contributed by atoms with Crippen LogP contribution in [0.5, 0.6) is 11.5 Å². The van der Waals surface area contributed by atoms with E-state index in [-0.39, 0.29) is 31.0 Å². The zero-order chi connectivity index (χ0) is 20.7. The highest BCUT2D eigenvalue weighted by Gasteiger charge is 2.31. The maximum absolute atomic E-state index is 12.3. The topological polar surface area (TPSA) is 87.0 Å². The molecule has 30 heavy (non-hydrogen) atoms. The Hall–Kier alpha value is -3.74. The molecule has 2 aliphatic heterocycles. The third-order valence-electron chi connectivity index (χ3n) is 5.23. The first kappa shape index (κ1) is 18.3. The molecule has 3 aromatic rings. The second-order valence-corrected chi connectivity index (χ2v) is 7.10. The molecule has 0 saturated heterocycles. The van der Waals surface area contributed by atoms with Crippen LogP contribution in [0.15, 0.2) is 52.9 Å². The fourth-order valence-corrected chi connectivity index (χ4v) is 3.78. The SMILES string of the molecule is CCOC(=O)c1ccc(-c2ccc([C@H]3CC(=O)Nc4cc5c(cc43)OCO5)o2)cc1. The van der Waals surface area contributed by atoms with Crippen molar-refractivity contribution >= 4 is 17.6 Å². The number of rotatable bonds is 4. The number of carbonyl (C=O) groups excluding carboxylic acids is 2. The van der Waals surface area contributed by atoms with E-state index >= 15 is 0 Å². The fourth-order valence-electron chi connectivity index (χ4n) is 3.78. The van der Waals surface area contributed by atoms with Gasteiger partial charge in [-0.1, -0.05) is 12.1 Å². The predicted octanol–water partition coefficient (Wildman–Crippen LogP) is 4.33. The quantitative estimate of drug-likeness (QED) is 0.651. The number of ether oxygens (including phenoxy) is 3. The molecule has 1 atom stereocenters. The van der Waals surface area contributed by atoms with Crippen LogP contribution in [-0.2, 0) is 9.53 Å². The first-order valence-electron chi connectivity index (χ1n) is 9.73. The van der Waals surface area contributed by atoms with Crippen molar-refractivity contribution in [2.24, 2.45) is 0 Å². The van der Waals surface area contributed by atoms with Crippen LogP contribution in [0, 0.1) is 0 Å². The van der Waals surface area contributed by atoms with E-state index in [1.165, 1.54) is 0 Å². The molecule has 0 unspecified atom stereocenters. The van der Waals surface area contributed by atoms with Crippen molar-refractivity contribution in [3.63, 3.8) is 0 Å². The Kier molecular flexibility index (Phi) is 4.43. The molecule has 0 spiro atoms. The molecular formula is C23H19NO6. The van der Waals surface area contributed by atoms with Crippen molar-refractivity contribution in [3.8, 4) is 22.8 Å². The van der Waals surface area contributed by atoms with Crippen LogP contribution in [0.2, 0.25) is 0 Å². The summed E-state index contributed by atoms with van der Waals surface area (Å²) in [7, 11) is 0. The van der Waals surface area contributed by atoms with Gasteiger partial charge in [0, 0.05) is 23.7 Å². The van der Waals surface area contributed by atoms with Gasteiger partial charge in [-0.25, -0.2) is 4.79 Å². The molecule has 2 aromatic carbocycles. The summed E-state index contributed by atoms with van der Waals surface area (Å²) in [6, 6.07) is 14.5. The Morgan fingerprint density at radius 3 is 2.63 bits per heavy atom. The first-order chi connectivity index (χ1) is 14.6. The lowest BCUT2D eigenvalue weighted by Gasteiger charge is -2.24. The zero-order valence-electron chi connectivity index (χ0n) is 16.3. The van der Waals surface area contributed by atoms with Gasteiger partial charge in [0.15, 0.2) is 11.5 Å². The molecular weight excluding hydrogens is 386 g/mol. The molecule has 1 amide bonds. The molecule has 7 heteroatoms. The van der Waals surface area contributed by atoms with Gasteiger partial charge in [-0.2, -0.15) is 0 Å². The van der Waals surface area contributed by atoms with Crippen molar-refractivity contribution < 1.29 is 28.2 Å². The molecule has 7 nitrogen and oxygen atoms in total. The van der Waals surface area contributed by atoms with Crippen LogP contribution in [0.25, 0.3) is 11.3 Å². The van der Waals surface area contributed by atoms with Crippen molar-refractivity contribution in [1.29, 1.82) is 0 Å². The van der Waals surface area contributed by atoms with E-state index in [0.29, 0.717) is 40.9 Å². The van der Waals surface area contributed by atoms with Gasteiger partial charge in [-0.15, -0.1) is 0 Å². The number of hydrogen-bond acceptors (Lipinski definition) is 6. The van der Waals surface area contributed by atoms with Gasteiger partial charge < -0.3 is 23.9 Å². The highest BCUT2D eigenvalue weighted by Crippen LogP contribution is 2.45. The van der Waals surface area contributed by atoms with Crippen LogP contribution in [0.1, 0.15) is 40.9 Å². The lowest BCUT2D eigenvalue weighted by atomic mass is 9.88. The van der Waals surface area contributed by atoms with Crippen LogP contribution < -0.4 is 14.8 Å². The molecule has 2 aliphatic rings. The number of furan rings is 1. The maximum Gasteiger partial charge on any atom is 0.338 e. The Morgan fingerprint density at radius 1 is 1.10 bits per heavy atom.